The van der Waals surface area contributed by atoms with Crippen LogP contribution in [-0.2, 0) is 0 Å². The van der Waals surface area contributed by atoms with Crippen LogP contribution in [0.2, 0.25) is 76.6 Å². The smallest absolute Gasteiger partial charge is 0.112 e. The van der Waals surface area contributed by atoms with Gasteiger partial charge in [-0.1, -0.05) is 64.5 Å². The van der Waals surface area contributed by atoms with Crippen LogP contribution in [0.5, 0.6) is 0 Å². The summed E-state index contributed by atoms with van der Waals surface area (Å²) in [5.74, 6) is 0. The molecule has 0 aromatic heterocycles. The number of nitrogens with one attached hydrogen (secondary N) is 1. The van der Waals surface area contributed by atoms with Gasteiger partial charge in [-0.05, 0) is 12.1 Å². The molecule has 0 aromatic carbocycles. The van der Waals surface area contributed by atoms with Gasteiger partial charge in [-0.25, -0.2) is 0 Å². The van der Waals surface area contributed by atoms with E-state index in [0.29, 0.717) is 0 Å². The van der Waals surface area contributed by atoms with Crippen molar-refractivity contribution in [3.05, 3.63) is 0 Å². The molecule has 0 aliphatic rings. The second kappa shape index (κ2) is 8.49. The highest BCUT2D eigenvalue weighted by Gasteiger charge is 2.34. The molecule has 0 atom stereocenters. The van der Waals surface area contributed by atoms with Crippen molar-refractivity contribution in [2.45, 2.75) is 76.6 Å². The van der Waals surface area contributed by atoms with Crippen LogP contribution in [0.15, 0.2) is 0 Å². The summed E-state index contributed by atoms with van der Waals surface area (Å²) in [6.45, 7) is 19.7. The summed E-state index contributed by atoms with van der Waals surface area (Å²) >= 11 is 12.3. The van der Waals surface area contributed by atoms with Crippen LogP contribution < -0.4 is 4.65 Å². The number of hydrogen-bond donors (Lipinski definition) is 1. The van der Waals surface area contributed by atoms with Gasteiger partial charge in [0.1, 0.15) is 16.5 Å². The van der Waals surface area contributed by atoms with Gasteiger partial charge in [0.15, 0.2) is 0 Å². The molecule has 0 fully saturated rings. The van der Waals surface area contributed by atoms with Crippen LogP contribution in [0.25, 0.3) is 0 Å². The molecule has 1 nitrogen and oxygen atoms in total. The lowest BCUT2D eigenvalue weighted by atomic mass is 10.9. The van der Waals surface area contributed by atoms with Crippen molar-refractivity contribution in [1.82, 2.24) is 4.65 Å². The van der Waals surface area contributed by atoms with Crippen molar-refractivity contribution in [3.63, 3.8) is 0 Å². The quantitative estimate of drug-likeness (QED) is 0.351. The van der Waals surface area contributed by atoms with E-state index in [4.69, 9.17) is 23.2 Å². The maximum Gasteiger partial charge on any atom is 0.112 e. The van der Waals surface area contributed by atoms with E-state index in [1.165, 1.54) is 24.2 Å². The molecular weight excluding hydrogens is 365 g/mol. The Hall–Kier alpha value is 1.41. The zero-order valence-electron chi connectivity index (χ0n) is 15.5. The van der Waals surface area contributed by atoms with Gasteiger partial charge in [-0.15, -0.1) is 23.2 Å². The van der Waals surface area contributed by atoms with Gasteiger partial charge in [0.2, 0.25) is 0 Å². The molecule has 0 unspecified atom stereocenters. The molecule has 0 heterocycles. The van der Waals surface area contributed by atoms with Gasteiger partial charge in [0, 0.05) is 11.0 Å². The van der Waals surface area contributed by atoms with Crippen LogP contribution in [0, 0.1) is 0 Å². The number of halogens is 2. The summed E-state index contributed by atoms with van der Waals surface area (Å²) in [4.78, 5) is 0. The Morgan fingerprint density at radius 2 is 0.857 bits per heavy atom. The molecule has 0 amide bonds. The molecule has 7 heteroatoms. The molecule has 0 radical (unpaired) electrons. The first-order valence-electron chi connectivity index (χ1n) is 8.16. The highest BCUT2D eigenvalue weighted by molar-refractivity contribution is 6.93. The van der Waals surface area contributed by atoms with Crippen molar-refractivity contribution >= 4 is 55.8 Å². The third-order valence-electron chi connectivity index (χ3n) is 4.25. The molecular formula is C14H37Cl2NSi4. The SMILES string of the molecule is C[Si](C)(CCl)CC[Si](C)(C)N[Si](C)(C)CC[Si](C)(C)CCl. The van der Waals surface area contributed by atoms with E-state index in [1.807, 2.05) is 0 Å². The molecule has 21 heavy (non-hydrogen) atoms. The van der Waals surface area contributed by atoms with E-state index in [1.54, 1.807) is 0 Å². The second-order valence-electron chi connectivity index (χ2n) is 9.49. The van der Waals surface area contributed by atoms with E-state index >= 15 is 0 Å². The van der Waals surface area contributed by atoms with E-state index in [-0.39, 0.29) is 0 Å². The second-order valence-corrected chi connectivity index (χ2v) is 30.8. The fourth-order valence-corrected chi connectivity index (χ4v) is 22.3. The predicted molar refractivity (Wildman–Crippen MR) is 114 cm³/mol. The van der Waals surface area contributed by atoms with Crippen LogP contribution in [-0.4, -0.2) is 43.6 Å². The van der Waals surface area contributed by atoms with Gasteiger partial charge >= 0.3 is 0 Å². The molecule has 0 aliphatic carbocycles. The Labute approximate surface area is 147 Å². The fraction of sp³-hybridized carbons (Fsp3) is 1.00. The lowest BCUT2D eigenvalue weighted by Crippen LogP contribution is -2.59. The predicted octanol–water partition coefficient (Wildman–Crippen LogP) is 5.96. The van der Waals surface area contributed by atoms with Crippen LogP contribution in [0.1, 0.15) is 0 Å². The monoisotopic (exact) mass is 401 g/mol. The van der Waals surface area contributed by atoms with Gasteiger partial charge < -0.3 is 4.65 Å². The topological polar surface area (TPSA) is 12.0 Å². The summed E-state index contributed by atoms with van der Waals surface area (Å²) < 4.78 is 4.16. The van der Waals surface area contributed by atoms with Crippen LogP contribution in [0.3, 0.4) is 0 Å². The minimum atomic E-state index is -1.30. The maximum absolute atomic E-state index is 6.13. The van der Waals surface area contributed by atoms with Gasteiger partial charge in [-0.2, -0.15) is 0 Å². The van der Waals surface area contributed by atoms with E-state index < -0.39 is 32.6 Å². The van der Waals surface area contributed by atoms with E-state index in [0.717, 1.165) is 11.0 Å². The van der Waals surface area contributed by atoms with Gasteiger partial charge in [-0.3, -0.25) is 0 Å². The molecule has 0 aliphatic heterocycles. The van der Waals surface area contributed by atoms with Crippen molar-refractivity contribution < 1.29 is 0 Å². The maximum atomic E-state index is 6.13. The van der Waals surface area contributed by atoms with Crippen LogP contribution >= 0.6 is 23.2 Å². The summed E-state index contributed by atoms with van der Waals surface area (Å²) in [5, 5.41) is 0. The first-order valence-corrected chi connectivity index (χ1v) is 22.5. The summed E-state index contributed by atoms with van der Waals surface area (Å²) in [6, 6.07) is 5.50. The molecule has 0 aromatic rings. The van der Waals surface area contributed by atoms with Crippen molar-refractivity contribution in [2.24, 2.45) is 0 Å². The van der Waals surface area contributed by atoms with Crippen molar-refractivity contribution in [1.29, 1.82) is 0 Å². The lowest BCUT2D eigenvalue weighted by Gasteiger charge is -2.37. The Bertz CT molecular complexity index is 290. The highest BCUT2D eigenvalue weighted by Crippen LogP contribution is 2.24. The zero-order valence-corrected chi connectivity index (χ0v) is 21.0. The van der Waals surface area contributed by atoms with Crippen molar-refractivity contribution in [3.8, 4) is 0 Å². The minimum Gasteiger partial charge on any atom is -0.359 e. The number of alkyl halides is 2. The van der Waals surface area contributed by atoms with Crippen molar-refractivity contribution in [2.75, 3.05) is 11.0 Å². The molecule has 1 N–H and O–H groups in total. The Kier molecular flexibility index (Phi) is 9.06. The average Bonchev–Trinajstić information content (AvgIpc) is 2.34. The molecule has 0 saturated carbocycles. The lowest BCUT2D eigenvalue weighted by molar-refractivity contribution is 1.14. The van der Waals surface area contributed by atoms with Gasteiger partial charge in [0.25, 0.3) is 0 Å². The molecule has 0 saturated heterocycles. The molecule has 0 spiro atoms. The highest BCUT2D eigenvalue weighted by atomic mass is 35.5. The molecule has 128 valence electrons. The van der Waals surface area contributed by atoms with E-state index in [2.05, 4.69) is 57.0 Å². The standard InChI is InChI=1S/C14H37Cl2NSi4/c1-18(2,13-15)9-11-20(5,6)17-21(7,8)12-10-19(3,4)14-16/h17H,9-14H2,1-8H3. The third-order valence-corrected chi connectivity index (χ3v) is 22.7. The zero-order chi connectivity index (χ0) is 16.9. The largest absolute Gasteiger partial charge is 0.359 e. The fourth-order valence-electron chi connectivity index (χ4n) is 2.48. The Balaban J connectivity index is 4.47. The molecule has 0 bridgehead atoms. The van der Waals surface area contributed by atoms with Crippen LogP contribution in [0.4, 0.5) is 0 Å². The normalized spacial score (nSPS) is 14.6. The summed E-state index contributed by atoms with van der Waals surface area (Å²) in [6.07, 6.45) is 0. The summed E-state index contributed by atoms with van der Waals surface area (Å²) in [5.41, 5.74) is 1.79. The summed E-state index contributed by atoms with van der Waals surface area (Å²) in [7, 11) is -4.91. The minimum absolute atomic E-state index is 0.897. The molecule has 0 rings (SSSR count). The Morgan fingerprint density at radius 1 is 0.571 bits per heavy atom. The van der Waals surface area contributed by atoms with Gasteiger partial charge in [0.05, 0.1) is 16.1 Å². The first-order chi connectivity index (χ1) is 9.24. The third kappa shape index (κ3) is 10.7. The first kappa shape index (κ1) is 22.4. The van der Waals surface area contributed by atoms with E-state index in [9.17, 15) is 0 Å². The number of rotatable bonds is 10. The number of hydrogen-bond acceptors (Lipinski definition) is 1. The average molecular weight is 403 g/mol. The Morgan fingerprint density at radius 3 is 1.10 bits per heavy atom.